The first kappa shape index (κ1) is 11.1. The van der Waals surface area contributed by atoms with E-state index in [1.807, 2.05) is 0 Å². The topological polar surface area (TPSA) is 80.4 Å². The molecule has 0 atom stereocenters. The van der Waals surface area contributed by atoms with Crippen molar-refractivity contribution in [2.75, 3.05) is 6.61 Å². The van der Waals surface area contributed by atoms with E-state index in [9.17, 15) is 12.8 Å². The molecule has 0 aromatic heterocycles. The molecule has 0 heterocycles. The molecule has 1 aromatic carbocycles. The van der Waals surface area contributed by atoms with E-state index in [4.69, 9.17) is 10.2 Å². The molecule has 0 aliphatic rings. The van der Waals surface area contributed by atoms with E-state index in [0.717, 1.165) is 18.2 Å². The van der Waals surface area contributed by atoms with Crippen molar-refractivity contribution in [3.8, 4) is 0 Å². The van der Waals surface area contributed by atoms with Gasteiger partial charge < -0.3 is 5.11 Å². The van der Waals surface area contributed by atoms with Crippen LogP contribution in [-0.2, 0) is 16.4 Å². The summed E-state index contributed by atoms with van der Waals surface area (Å²) < 4.78 is 34.8. The lowest BCUT2D eigenvalue weighted by molar-refractivity contribution is 0.298. The molecule has 14 heavy (non-hydrogen) atoms. The molecule has 0 bridgehead atoms. The van der Waals surface area contributed by atoms with Crippen molar-refractivity contribution >= 4 is 10.0 Å². The molecular formula is C8H10FNO3S. The predicted molar refractivity (Wildman–Crippen MR) is 48.6 cm³/mol. The molecule has 3 N–H and O–H groups in total. The summed E-state index contributed by atoms with van der Waals surface area (Å²) in [5.41, 5.74) is 0.190. The van der Waals surface area contributed by atoms with Crippen LogP contribution in [0.25, 0.3) is 0 Å². The van der Waals surface area contributed by atoms with E-state index in [0.29, 0.717) is 0 Å². The molecule has 78 valence electrons. The van der Waals surface area contributed by atoms with Gasteiger partial charge in [0, 0.05) is 6.61 Å². The van der Waals surface area contributed by atoms with Crippen molar-refractivity contribution in [3.05, 3.63) is 29.6 Å². The van der Waals surface area contributed by atoms with Gasteiger partial charge in [0.1, 0.15) is 5.82 Å². The van der Waals surface area contributed by atoms with Crippen molar-refractivity contribution in [1.82, 2.24) is 0 Å². The van der Waals surface area contributed by atoms with Crippen LogP contribution >= 0.6 is 0 Å². The minimum absolute atomic E-state index is 0.0591. The third-order valence-electron chi connectivity index (χ3n) is 1.71. The van der Waals surface area contributed by atoms with Gasteiger partial charge in [0.2, 0.25) is 10.0 Å². The average molecular weight is 219 g/mol. The molecule has 6 heteroatoms. The molecule has 0 saturated carbocycles. The van der Waals surface area contributed by atoms with E-state index in [-0.39, 0.29) is 23.5 Å². The van der Waals surface area contributed by atoms with Crippen molar-refractivity contribution in [2.24, 2.45) is 5.14 Å². The second kappa shape index (κ2) is 4.04. The fourth-order valence-electron chi connectivity index (χ4n) is 1.14. The van der Waals surface area contributed by atoms with Crippen LogP contribution in [0.5, 0.6) is 0 Å². The quantitative estimate of drug-likeness (QED) is 0.751. The molecule has 4 nitrogen and oxygen atoms in total. The number of aliphatic hydroxyl groups excluding tert-OH is 1. The second-order valence-electron chi connectivity index (χ2n) is 2.77. The Morgan fingerprint density at radius 2 is 2.07 bits per heavy atom. The predicted octanol–water partition coefficient (Wildman–Crippen LogP) is 0.00790. The van der Waals surface area contributed by atoms with E-state index < -0.39 is 15.8 Å². The number of hydrogen-bond acceptors (Lipinski definition) is 3. The maximum Gasteiger partial charge on any atom is 0.238 e. The monoisotopic (exact) mass is 219 g/mol. The lowest BCUT2D eigenvalue weighted by atomic mass is 10.1. The standard InChI is InChI=1S/C8H10FNO3S/c9-7-1-2-8(14(10,12)13)6(5-7)3-4-11/h1-2,5,11H,3-4H2,(H2,10,12,13). The molecular weight excluding hydrogens is 209 g/mol. The zero-order chi connectivity index (χ0) is 10.8. The Morgan fingerprint density at radius 1 is 1.43 bits per heavy atom. The van der Waals surface area contributed by atoms with E-state index in [1.165, 1.54) is 0 Å². The molecule has 0 aliphatic heterocycles. The van der Waals surface area contributed by atoms with Gasteiger partial charge in [0.25, 0.3) is 0 Å². The van der Waals surface area contributed by atoms with Crippen LogP contribution < -0.4 is 5.14 Å². The number of primary sulfonamides is 1. The van der Waals surface area contributed by atoms with Gasteiger partial charge in [0.05, 0.1) is 4.90 Å². The third-order valence-corrected chi connectivity index (χ3v) is 2.72. The Labute approximate surface area is 81.2 Å². The van der Waals surface area contributed by atoms with Crippen molar-refractivity contribution in [1.29, 1.82) is 0 Å². The van der Waals surface area contributed by atoms with Crippen molar-refractivity contribution < 1.29 is 17.9 Å². The summed E-state index contributed by atoms with van der Waals surface area (Å²) in [5.74, 6) is -0.555. The van der Waals surface area contributed by atoms with Gasteiger partial charge in [-0.15, -0.1) is 0 Å². The van der Waals surface area contributed by atoms with Gasteiger partial charge in [-0.2, -0.15) is 0 Å². The SMILES string of the molecule is NS(=O)(=O)c1ccc(F)cc1CCO. The van der Waals surface area contributed by atoms with Crippen molar-refractivity contribution in [3.63, 3.8) is 0 Å². The highest BCUT2D eigenvalue weighted by atomic mass is 32.2. The first-order chi connectivity index (χ1) is 6.45. The zero-order valence-corrected chi connectivity index (χ0v) is 8.09. The second-order valence-corrected chi connectivity index (χ2v) is 4.30. The van der Waals surface area contributed by atoms with E-state index in [1.54, 1.807) is 0 Å². The number of hydrogen-bond donors (Lipinski definition) is 2. The first-order valence-electron chi connectivity index (χ1n) is 3.87. The van der Waals surface area contributed by atoms with Gasteiger partial charge in [0.15, 0.2) is 0 Å². The van der Waals surface area contributed by atoms with Crippen LogP contribution in [0.15, 0.2) is 23.1 Å². The summed E-state index contributed by atoms with van der Waals surface area (Å²) in [6, 6.07) is 3.16. The van der Waals surface area contributed by atoms with Crippen LogP contribution in [0, 0.1) is 5.82 Å². The summed E-state index contributed by atoms with van der Waals surface area (Å²) in [7, 11) is -3.85. The highest BCUT2D eigenvalue weighted by molar-refractivity contribution is 7.89. The summed E-state index contributed by atoms with van der Waals surface area (Å²) in [4.78, 5) is -0.145. The molecule has 1 rings (SSSR count). The first-order valence-corrected chi connectivity index (χ1v) is 5.42. The lowest BCUT2D eigenvalue weighted by Crippen LogP contribution is -2.15. The largest absolute Gasteiger partial charge is 0.396 e. The van der Waals surface area contributed by atoms with Crippen LogP contribution in [0.2, 0.25) is 0 Å². The summed E-state index contributed by atoms with van der Waals surface area (Å²) in [6.07, 6.45) is 0.0591. The number of sulfonamides is 1. The van der Waals surface area contributed by atoms with Crippen LogP contribution in [0.1, 0.15) is 5.56 Å². The molecule has 0 amide bonds. The highest BCUT2D eigenvalue weighted by Crippen LogP contribution is 2.15. The maximum atomic E-state index is 12.7. The van der Waals surface area contributed by atoms with E-state index >= 15 is 0 Å². The Morgan fingerprint density at radius 3 is 2.57 bits per heavy atom. The molecule has 0 spiro atoms. The summed E-state index contributed by atoms with van der Waals surface area (Å²) in [6.45, 7) is -0.258. The Balaban J connectivity index is 3.29. The minimum Gasteiger partial charge on any atom is -0.396 e. The van der Waals surface area contributed by atoms with Crippen LogP contribution in [0.4, 0.5) is 4.39 Å². The number of benzene rings is 1. The molecule has 0 aliphatic carbocycles. The summed E-state index contributed by atoms with van der Waals surface area (Å²) in [5, 5.41) is 13.5. The lowest BCUT2D eigenvalue weighted by Gasteiger charge is -2.05. The number of nitrogens with two attached hydrogens (primary N) is 1. The smallest absolute Gasteiger partial charge is 0.238 e. The average Bonchev–Trinajstić information content (AvgIpc) is 2.02. The zero-order valence-electron chi connectivity index (χ0n) is 7.27. The van der Waals surface area contributed by atoms with Crippen LogP contribution in [-0.4, -0.2) is 20.1 Å². The van der Waals surface area contributed by atoms with Gasteiger partial charge >= 0.3 is 0 Å². The fraction of sp³-hybridized carbons (Fsp3) is 0.250. The number of aliphatic hydroxyl groups is 1. The van der Waals surface area contributed by atoms with E-state index in [2.05, 4.69) is 0 Å². The Hall–Kier alpha value is -0.980. The summed E-state index contributed by atoms with van der Waals surface area (Å²) >= 11 is 0. The molecule has 0 fully saturated rings. The molecule has 1 aromatic rings. The normalized spacial score (nSPS) is 11.6. The molecule has 0 saturated heterocycles. The molecule has 0 unspecified atom stereocenters. The van der Waals surface area contributed by atoms with Gasteiger partial charge in [-0.25, -0.2) is 17.9 Å². The molecule has 0 radical (unpaired) electrons. The van der Waals surface area contributed by atoms with Crippen molar-refractivity contribution in [2.45, 2.75) is 11.3 Å². The third kappa shape index (κ3) is 2.50. The van der Waals surface area contributed by atoms with Gasteiger partial charge in [-0.1, -0.05) is 0 Å². The Bertz CT molecular complexity index is 430. The number of rotatable bonds is 3. The number of halogens is 1. The van der Waals surface area contributed by atoms with Crippen LogP contribution in [0.3, 0.4) is 0 Å². The maximum absolute atomic E-state index is 12.7. The minimum atomic E-state index is -3.85. The fourth-order valence-corrected chi connectivity index (χ4v) is 1.93. The van der Waals surface area contributed by atoms with Gasteiger partial charge in [-0.3, -0.25) is 0 Å². The highest BCUT2D eigenvalue weighted by Gasteiger charge is 2.13. The Kier molecular flexibility index (Phi) is 3.20. The van der Waals surface area contributed by atoms with Gasteiger partial charge in [-0.05, 0) is 30.2 Å².